The van der Waals surface area contributed by atoms with Crippen molar-refractivity contribution < 1.29 is 26.7 Å². The Balaban J connectivity index is 1.71. The van der Waals surface area contributed by atoms with E-state index in [1.165, 1.54) is 24.0 Å². The van der Waals surface area contributed by atoms with Crippen LogP contribution >= 0.6 is 11.8 Å². The Kier molecular flexibility index (Phi) is 5.74. The zero-order valence-electron chi connectivity index (χ0n) is 16.7. The van der Waals surface area contributed by atoms with Gasteiger partial charge in [0.25, 0.3) is 5.91 Å². The SMILES string of the molecule is CSc1cc(NC(=O)c2c(C(F)(F)F)c(C3CC3)nn2CC2CCC(F)(F)C2)ccn1. The number of hydrogen-bond donors (Lipinski definition) is 1. The first-order valence-corrected chi connectivity index (χ1v) is 11.2. The molecule has 2 saturated carbocycles. The van der Waals surface area contributed by atoms with E-state index in [2.05, 4.69) is 15.4 Å². The van der Waals surface area contributed by atoms with Crippen LogP contribution in [0.5, 0.6) is 0 Å². The molecule has 5 nitrogen and oxygen atoms in total. The fourth-order valence-electron chi connectivity index (χ4n) is 4.00. The van der Waals surface area contributed by atoms with Gasteiger partial charge in [0.2, 0.25) is 5.92 Å². The Morgan fingerprint density at radius 2 is 2.06 bits per heavy atom. The maximum absolute atomic E-state index is 14.0. The quantitative estimate of drug-likeness (QED) is 0.451. The van der Waals surface area contributed by atoms with Crippen LogP contribution in [-0.2, 0) is 12.7 Å². The van der Waals surface area contributed by atoms with Gasteiger partial charge in [0.15, 0.2) is 0 Å². The number of aromatic nitrogens is 3. The molecule has 1 N–H and O–H groups in total. The largest absolute Gasteiger partial charge is 0.420 e. The predicted molar refractivity (Wildman–Crippen MR) is 105 cm³/mol. The highest BCUT2D eigenvalue weighted by molar-refractivity contribution is 7.98. The third kappa shape index (κ3) is 4.86. The zero-order chi connectivity index (χ0) is 22.4. The van der Waals surface area contributed by atoms with Gasteiger partial charge in [0.05, 0.1) is 10.7 Å². The predicted octanol–water partition coefficient (Wildman–Crippen LogP) is 5.58. The van der Waals surface area contributed by atoms with Gasteiger partial charge in [-0.15, -0.1) is 11.8 Å². The van der Waals surface area contributed by atoms with Crippen molar-refractivity contribution in [3.05, 3.63) is 35.3 Å². The van der Waals surface area contributed by atoms with Gasteiger partial charge in [-0.25, -0.2) is 13.8 Å². The molecule has 0 spiro atoms. The number of anilines is 1. The summed E-state index contributed by atoms with van der Waals surface area (Å²) in [7, 11) is 0. The third-order valence-electron chi connectivity index (χ3n) is 5.58. The van der Waals surface area contributed by atoms with Crippen LogP contribution in [-0.4, -0.2) is 32.8 Å². The molecule has 168 valence electrons. The summed E-state index contributed by atoms with van der Waals surface area (Å²) in [5.41, 5.74) is -1.55. The number of nitrogens with one attached hydrogen (secondary N) is 1. The molecule has 2 aromatic rings. The number of pyridine rings is 1. The maximum Gasteiger partial charge on any atom is 0.420 e. The van der Waals surface area contributed by atoms with E-state index < -0.39 is 41.6 Å². The van der Waals surface area contributed by atoms with Crippen LogP contribution in [0.15, 0.2) is 23.4 Å². The molecule has 0 aliphatic heterocycles. The monoisotopic (exact) mass is 460 g/mol. The average molecular weight is 460 g/mol. The first kappa shape index (κ1) is 22.0. The van der Waals surface area contributed by atoms with E-state index in [-0.39, 0.29) is 31.0 Å². The standard InChI is InChI=1S/C20H21F5N4OS/c1-31-14-8-13(5-7-26-14)27-18(30)17-15(20(23,24)25)16(12-2-3-12)28-29(17)10-11-4-6-19(21,22)9-11/h5,7-8,11-12H,2-4,6,9-10H2,1H3,(H,26,27,30). The van der Waals surface area contributed by atoms with Crippen molar-refractivity contribution in [2.24, 2.45) is 5.92 Å². The molecule has 2 aliphatic rings. The highest BCUT2D eigenvalue weighted by Crippen LogP contribution is 2.47. The number of thioether (sulfide) groups is 1. The van der Waals surface area contributed by atoms with E-state index in [4.69, 9.17) is 0 Å². The Morgan fingerprint density at radius 1 is 1.32 bits per heavy atom. The number of halogens is 5. The van der Waals surface area contributed by atoms with Gasteiger partial charge in [0.1, 0.15) is 11.3 Å². The summed E-state index contributed by atoms with van der Waals surface area (Å²) >= 11 is 1.32. The molecule has 1 amide bonds. The summed E-state index contributed by atoms with van der Waals surface area (Å²) in [4.78, 5) is 17.1. The van der Waals surface area contributed by atoms with Crippen molar-refractivity contribution in [1.29, 1.82) is 0 Å². The van der Waals surface area contributed by atoms with Crippen LogP contribution in [0.1, 0.15) is 59.8 Å². The molecule has 1 unspecified atom stereocenters. The minimum Gasteiger partial charge on any atom is -0.321 e. The number of hydrogen-bond acceptors (Lipinski definition) is 4. The molecule has 2 aromatic heterocycles. The summed E-state index contributed by atoms with van der Waals surface area (Å²) in [5, 5.41) is 7.21. The van der Waals surface area contributed by atoms with Crippen molar-refractivity contribution in [3.63, 3.8) is 0 Å². The third-order valence-corrected chi connectivity index (χ3v) is 6.22. The van der Waals surface area contributed by atoms with Crippen molar-refractivity contribution in [1.82, 2.24) is 14.8 Å². The van der Waals surface area contributed by atoms with Crippen LogP contribution in [0, 0.1) is 5.92 Å². The number of alkyl halides is 5. The molecule has 4 rings (SSSR count). The van der Waals surface area contributed by atoms with E-state index >= 15 is 0 Å². The molecule has 0 aromatic carbocycles. The zero-order valence-corrected chi connectivity index (χ0v) is 17.5. The molecule has 1 atom stereocenters. The van der Waals surface area contributed by atoms with Crippen LogP contribution in [0.2, 0.25) is 0 Å². The number of amides is 1. The lowest BCUT2D eigenvalue weighted by Crippen LogP contribution is -2.24. The van der Waals surface area contributed by atoms with Crippen LogP contribution in [0.25, 0.3) is 0 Å². The van der Waals surface area contributed by atoms with Crippen molar-refractivity contribution >= 4 is 23.4 Å². The molecule has 0 radical (unpaired) electrons. The van der Waals surface area contributed by atoms with E-state index in [0.717, 1.165) is 4.68 Å². The summed E-state index contributed by atoms with van der Waals surface area (Å²) in [5.74, 6) is -4.70. The normalized spacial score (nSPS) is 20.8. The van der Waals surface area contributed by atoms with Gasteiger partial charge in [-0.3, -0.25) is 9.48 Å². The molecule has 2 fully saturated rings. The highest BCUT2D eigenvalue weighted by Gasteiger charge is 2.47. The Bertz CT molecular complexity index is 986. The Hall–Kier alpha value is -2.17. The second-order valence-corrected chi connectivity index (χ2v) is 8.90. The minimum absolute atomic E-state index is 0.152. The van der Waals surface area contributed by atoms with Crippen LogP contribution < -0.4 is 5.32 Å². The Morgan fingerprint density at radius 3 is 2.65 bits per heavy atom. The van der Waals surface area contributed by atoms with Gasteiger partial charge < -0.3 is 5.32 Å². The maximum atomic E-state index is 14.0. The van der Waals surface area contributed by atoms with E-state index in [9.17, 15) is 26.7 Å². The number of carbonyl (C=O) groups is 1. The average Bonchev–Trinajstić information content (AvgIpc) is 3.37. The van der Waals surface area contributed by atoms with Gasteiger partial charge in [-0.1, -0.05) is 0 Å². The van der Waals surface area contributed by atoms with Crippen LogP contribution in [0.4, 0.5) is 27.6 Å². The van der Waals surface area contributed by atoms with Gasteiger partial charge in [0, 0.05) is 37.2 Å². The summed E-state index contributed by atoms with van der Waals surface area (Å²) in [6, 6.07) is 3.03. The van der Waals surface area contributed by atoms with E-state index in [1.807, 2.05) is 0 Å². The molecule has 0 saturated heterocycles. The first-order valence-electron chi connectivity index (χ1n) is 9.94. The number of rotatable bonds is 6. The van der Waals surface area contributed by atoms with Crippen molar-refractivity contribution in [2.45, 2.75) is 61.7 Å². The van der Waals surface area contributed by atoms with Crippen LogP contribution in [0.3, 0.4) is 0 Å². The van der Waals surface area contributed by atoms with Gasteiger partial charge >= 0.3 is 6.18 Å². The van der Waals surface area contributed by atoms with Gasteiger partial charge in [-0.2, -0.15) is 18.3 Å². The lowest BCUT2D eigenvalue weighted by molar-refractivity contribution is -0.138. The summed E-state index contributed by atoms with van der Waals surface area (Å²) in [6.45, 7) is -0.152. The lowest BCUT2D eigenvalue weighted by atomic mass is 10.1. The van der Waals surface area contributed by atoms with E-state index in [0.29, 0.717) is 23.6 Å². The minimum atomic E-state index is -4.79. The lowest BCUT2D eigenvalue weighted by Gasteiger charge is -2.15. The fourth-order valence-corrected chi connectivity index (χ4v) is 4.41. The van der Waals surface area contributed by atoms with Gasteiger partial charge in [-0.05, 0) is 43.6 Å². The second-order valence-electron chi connectivity index (χ2n) is 8.07. The molecular weight excluding hydrogens is 439 g/mol. The molecule has 31 heavy (non-hydrogen) atoms. The second kappa shape index (κ2) is 8.07. The topological polar surface area (TPSA) is 59.8 Å². The smallest absolute Gasteiger partial charge is 0.321 e. The number of nitrogens with zero attached hydrogens (tertiary/aromatic N) is 3. The molecule has 11 heteroatoms. The summed E-state index contributed by atoms with van der Waals surface area (Å²) in [6.07, 6.45) is -0.996. The fraction of sp³-hybridized carbons (Fsp3) is 0.550. The highest BCUT2D eigenvalue weighted by atomic mass is 32.2. The molecular formula is C20H21F5N4OS. The summed E-state index contributed by atoms with van der Waals surface area (Å²) < 4.78 is 70.2. The Labute approximate surface area is 179 Å². The van der Waals surface area contributed by atoms with Crippen molar-refractivity contribution in [2.75, 3.05) is 11.6 Å². The molecule has 2 heterocycles. The molecule has 0 bridgehead atoms. The first-order chi connectivity index (χ1) is 14.6. The number of carbonyl (C=O) groups excluding carboxylic acids is 1. The molecule has 2 aliphatic carbocycles. The van der Waals surface area contributed by atoms with E-state index in [1.54, 1.807) is 12.3 Å². The van der Waals surface area contributed by atoms with Crippen molar-refractivity contribution in [3.8, 4) is 0 Å².